The molecule has 0 spiro atoms. The highest BCUT2D eigenvalue weighted by molar-refractivity contribution is 6.30. The fourth-order valence-corrected chi connectivity index (χ4v) is 3.16. The molecule has 0 atom stereocenters. The van der Waals surface area contributed by atoms with E-state index in [1.54, 1.807) is 37.6 Å². The van der Waals surface area contributed by atoms with Crippen LogP contribution in [0.25, 0.3) is 22.4 Å². The standard InChI is InChI=1S/C20H16ClFN6O2/c1-27-17(20(25-26-27)15-4-3-14(21)9-16(15)22)11-28-19(29)8-13(10-24-28)12-5-6-23-18(7-12)30-2/h3-10H,11H2,1-2H3. The van der Waals surface area contributed by atoms with Gasteiger partial charge in [-0.05, 0) is 29.8 Å². The molecular formula is C20H16ClFN6O2. The Balaban J connectivity index is 1.69. The number of pyridine rings is 1. The van der Waals surface area contributed by atoms with Crippen molar-refractivity contribution in [2.24, 2.45) is 7.05 Å². The van der Waals surface area contributed by atoms with Gasteiger partial charge in [0, 0.05) is 41.5 Å². The second kappa shape index (κ2) is 8.03. The first kappa shape index (κ1) is 19.7. The summed E-state index contributed by atoms with van der Waals surface area (Å²) in [4.78, 5) is 16.7. The number of aryl methyl sites for hydroxylation is 1. The molecule has 0 fully saturated rings. The van der Waals surface area contributed by atoms with E-state index in [0.717, 1.165) is 5.56 Å². The van der Waals surface area contributed by atoms with Crippen molar-refractivity contribution in [1.82, 2.24) is 29.8 Å². The second-order valence-corrected chi connectivity index (χ2v) is 6.90. The SMILES string of the molecule is COc1cc(-c2cnn(Cc3c(-c4ccc(Cl)cc4F)nnn3C)c(=O)c2)ccn1. The lowest BCUT2D eigenvalue weighted by molar-refractivity contribution is 0.398. The molecule has 0 saturated heterocycles. The molecule has 0 bridgehead atoms. The lowest BCUT2D eigenvalue weighted by Crippen LogP contribution is -2.24. The van der Waals surface area contributed by atoms with Crippen molar-refractivity contribution in [2.75, 3.05) is 7.11 Å². The summed E-state index contributed by atoms with van der Waals surface area (Å²) in [5.74, 6) is -0.0844. The molecule has 3 aromatic heterocycles. The van der Waals surface area contributed by atoms with Gasteiger partial charge in [0.15, 0.2) is 0 Å². The molecule has 0 N–H and O–H groups in total. The normalized spacial score (nSPS) is 10.9. The number of aromatic nitrogens is 6. The molecule has 0 radical (unpaired) electrons. The number of hydrogen-bond donors (Lipinski definition) is 0. The topological polar surface area (TPSA) is 87.7 Å². The lowest BCUT2D eigenvalue weighted by Gasteiger charge is -2.09. The predicted octanol–water partition coefficient (Wildman–Crippen LogP) is 2.95. The molecule has 30 heavy (non-hydrogen) atoms. The third-order valence-corrected chi connectivity index (χ3v) is 4.81. The molecule has 4 rings (SSSR count). The number of benzene rings is 1. The van der Waals surface area contributed by atoms with E-state index in [-0.39, 0.29) is 22.7 Å². The molecule has 1 aromatic carbocycles. The Bertz CT molecular complexity index is 1290. The Morgan fingerprint density at radius 3 is 2.73 bits per heavy atom. The van der Waals surface area contributed by atoms with Crippen LogP contribution >= 0.6 is 11.6 Å². The van der Waals surface area contributed by atoms with E-state index in [4.69, 9.17) is 16.3 Å². The van der Waals surface area contributed by atoms with Crippen LogP contribution in [0.15, 0.2) is 53.6 Å². The highest BCUT2D eigenvalue weighted by Crippen LogP contribution is 2.26. The van der Waals surface area contributed by atoms with Crippen molar-refractivity contribution in [3.8, 4) is 28.3 Å². The summed E-state index contributed by atoms with van der Waals surface area (Å²) >= 11 is 5.84. The zero-order chi connectivity index (χ0) is 21.3. The lowest BCUT2D eigenvalue weighted by atomic mass is 10.1. The zero-order valence-electron chi connectivity index (χ0n) is 16.1. The average Bonchev–Trinajstić information content (AvgIpc) is 3.09. The number of rotatable bonds is 5. The van der Waals surface area contributed by atoms with Crippen LogP contribution in [-0.2, 0) is 13.6 Å². The maximum Gasteiger partial charge on any atom is 0.267 e. The van der Waals surface area contributed by atoms with E-state index in [2.05, 4.69) is 20.4 Å². The van der Waals surface area contributed by atoms with Crippen LogP contribution in [0.5, 0.6) is 5.88 Å². The summed E-state index contributed by atoms with van der Waals surface area (Å²) in [6.45, 7) is 0.0691. The summed E-state index contributed by atoms with van der Waals surface area (Å²) in [5.41, 5.74) is 2.16. The van der Waals surface area contributed by atoms with Crippen molar-refractivity contribution in [1.29, 1.82) is 0 Å². The molecule has 3 heterocycles. The van der Waals surface area contributed by atoms with Gasteiger partial charge in [-0.3, -0.25) is 4.79 Å². The minimum Gasteiger partial charge on any atom is -0.481 e. The number of nitrogens with zero attached hydrogens (tertiary/aromatic N) is 6. The van der Waals surface area contributed by atoms with Gasteiger partial charge in [0.25, 0.3) is 5.56 Å². The van der Waals surface area contributed by atoms with Crippen LogP contribution in [0.2, 0.25) is 5.02 Å². The van der Waals surface area contributed by atoms with Crippen molar-refractivity contribution in [3.05, 3.63) is 75.7 Å². The third kappa shape index (κ3) is 3.79. The van der Waals surface area contributed by atoms with Crippen LogP contribution in [-0.4, -0.2) is 36.9 Å². The molecule has 152 valence electrons. The van der Waals surface area contributed by atoms with E-state index in [0.29, 0.717) is 22.8 Å². The van der Waals surface area contributed by atoms with Gasteiger partial charge in [0.05, 0.1) is 25.5 Å². The van der Waals surface area contributed by atoms with E-state index in [1.807, 2.05) is 0 Å². The molecule has 10 heteroatoms. The van der Waals surface area contributed by atoms with Gasteiger partial charge < -0.3 is 4.74 Å². The van der Waals surface area contributed by atoms with Gasteiger partial charge in [-0.1, -0.05) is 16.8 Å². The molecule has 0 amide bonds. The Morgan fingerprint density at radius 1 is 1.17 bits per heavy atom. The quantitative estimate of drug-likeness (QED) is 0.487. The van der Waals surface area contributed by atoms with E-state index < -0.39 is 5.82 Å². The fourth-order valence-electron chi connectivity index (χ4n) is 3.00. The monoisotopic (exact) mass is 426 g/mol. The summed E-state index contributed by atoms with van der Waals surface area (Å²) in [6, 6.07) is 9.25. The van der Waals surface area contributed by atoms with Crippen LogP contribution < -0.4 is 10.3 Å². The summed E-state index contributed by atoms with van der Waals surface area (Å²) < 4.78 is 22.2. The third-order valence-electron chi connectivity index (χ3n) is 4.58. The predicted molar refractivity (Wildman–Crippen MR) is 109 cm³/mol. The zero-order valence-corrected chi connectivity index (χ0v) is 16.8. The first-order valence-electron chi connectivity index (χ1n) is 8.88. The minimum absolute atomic E-state index is 0.0691. The number of ether oxygens (including phenoxy) is 1. The van der Waals surface area contributed by atoms with Crippen molar-refractivity contribution in [2.45, 2.75) is 6.54 Å². The van der Waals surface area contributed by atoms with E-state index in [9.17, 15) is 9.18 Å². The molecule has 0 saturated carbocycles. The number of hydrogen-bond acceptors (Lipinski definition) is 6. The molecular weight excluding hydrogens is 411 g/mol. The van der Waals surface area contributed by atoms with Gasteiger partial charge in [0.2, 0.25) is 5.88 Å². The Hall–Kier alpha value is -3.59. The van der Waals surface area contributed by atoms with E-state index >= 15 is 0 Å². The van der Waals surface area contributed by atoms with Gasteiger partial charge in [-0.15, -0.1) is 5.10 Å². The summed E-state index contributed by atoms with van der Waals surface area (Å²) in [6.07, 6.45) is 3.16. The minimum atomic E-state index is -0.522. The van der Waals surface area contributed by atoms with Gasteiger partial charge >= 0.3 is 0 Å². The molecule has 0 aliphatic carbocycles. The van der Waals surface area contributed by atoms with Crippen LogP contribution in [0.3, 0.4) is 0 Å². The first-order chi connectivity index (χ1) is 14.5. The van der Waals surface area contributed by atoms with Crippen molar-refractivity contribution >= 4 is 11.6 Å². The summed E-state index contributed by atoms with van der Waals surface area (Å²) in [5, 5.41) is 12.6. The fraction of sp³-hybridized carbons (Fsp3) is 0.150. The Labute approximate surface area is 175 Å². The highest BCUT2D eigenvalue weighted by Gasteiger charge is 2.18. The van der Waals surface area contributed by atoms with Gasteiger partial charge in [-0.25, -0.2) is 18.7 Å². The largest absolute Gasteiger partial charge is 0.481 e. The first-order valence-corrected chi connectivity index (χ1v) is 9.25. The maximum atomic E-state index is 14.4. The summed E-state index contributed by atoms with van der Waals surface area (Å²) in [7, 11) is 3.19. The smallest absolute Gasteiger partial charge is 0.267 e. The maximum absolute atomic E-state index is 14.4. The highest BCUT2D eigenvalue weighted by atomic mass is 35.5. The van der Waals surface area contributed by atoms with Crippen LogP contribution in [0.1, 0.15) is 5.69 Å². The number of methoxy groups -OCH3 is 1. The van der Waals surface area contributed by atoms with E-state index in [1.165, 1.54) is 34.7 Å². The molecule has 0 unspecified atom stereocenters. The molecule has 0 aliphatic rings. The molecule has 8 nitrogen and oxygen atoms in total. The Kier molecular flexibility index (Phi) is 5.28. The van der Waals surface area contributed by atoms with Crippen LogP contribution in [0.4, 0.5) is 4.39 Å². The Morgan fingerprint density at radius 2 is 2.00 bits per heavy atom. The van der Waals surface area contributed by atoms with Crippen molar-refractivity contribution in [3.63, 3.8) is 0 Å². The average molecular weight is 427 g/mol. The van der Waals surface area contributed by atoms with Crippen molar-refractivity contribution < 1.29 is 9.13 Å². The van der Waals surface area contributed by atoms with Crippen LogP contribution in [0, 0.1) is 5.82 Å². The second-order valence-electron chi connectivity index (χ2n) is 6.46. The number of halogens is 2. The van der Waals surface area contributed by atoms with Gasteiger partial charge in [0.1, 0.15) is 11.5 Å². The molecule has 0 aliphatic heterocycles. The van der Waals surface area contributed by atoms with Gasteiger partial charge in [-0.2, -0.15) is 5.10 Å². The molecule has 4 aromatic rings.